The van der Waals surface area contributed by atoms with Crippen molar-refractivity contribution in [2.24, 2.45) is 0 Å². The Labute approximate surface area is 107 Å². The molecule has 0 saturated heterocycles. The Hall–Kier alpha value is -1.47. The first-order valence-corrected chi connectivity index (χ1v) is 6.44. The van der Waals surface area contributed by atoms with Gasteiger partial charge in [-0.1, -0.05) is 6.07 Å². The summed E-state index contributed by atoms with van der Waals surface area (Å²) in [4.78, 5) is 0.462. The van der Waals surface area contributed by atoms with Crippen LogP contribution in [0.3, 0.4) is 0 Å². The number of rotatable bonds is 4. The Bertz CT molecular complexity index is 570. The van der Waals surface area contributed by atoms with Crippen molar-refractivity contribution in [3.05, 3.63) is 29.6 Å². The Morgan fingerprint density at radius 3 is 2.94 bits per heavy atom. The van der Waals surface area contributed by atoms with Gasteiger partial charge in [0.2, 0.25) is 5.16 Å². The normalized spacial score (nSPS) is 15.0. The maximum Gasteiger partial charge on any atom is 0.214 e. The van der Waals surface area contributed by atoms with Gasteiger partial charge in [0.05, 0.1) is 17.5 Å². The second kappa shape index (κ2) is 4.66. The second-order valence-corrected chi connectivity index (χ2v) is 5.17. The van der Waals surface area contributed by atoms with E-state index in [1.54, 1.807) is 16.8 Å². The molecule has 1 fully saturated rings. The van der Waals surface area contributed by atoms with Crippen molar-refractivity contribution < 1.29 is 9.50 Å². The van der Waals surface area contributed by atoms with Crippen LogP contribution in [0.15, 0.2) is 28.3 Å². The number of hydrogen-bond acceptors (Lipinski definition) is 5. The molecule has 0 unspecified atom stereocenters. The molecule has 1 aliphatic carbocycles. The lowest BCUT2D eigenvalue weighted by Gasteiger charge is -2.04. The maximum absolute atomic E-state index is 13.8. The standard InChI is InChI=1S/C11H11FN4OS/c12-9-5-7(6-17)1-4-10(9)18-11-13-14-15-16(11)8-2-3-8/h1,4-5,8,17H,2-3,6H2. The molecule has 5 nitrogen and oxygen atoms in total. The van der Waals surface area contributed by atoms with Crippen LogP contribution in [0.5, 0.6) is 0 Å². The van der Waals surface area contributed by atoms with Gasteiger partial charge in [0.25, 0.3) is 0 Å². The van der Waals surface area contributed by atoms with Crippen LogP contribution < -0.4 is 0 Å². The van der Waals surface area contributed by atoms with Gasteiger partial charge in [0.15, 0.2) is 0 Å². The highest BCUT2D eigenvalue weighted by Gasteiger charge is 2.28. The molecule has 1 aromatic carbocycles. The highest BCUT2D eigenvalue weighted by molar-refractivity contribution is 7.99. The quantitative estimate of drug-likeness (QED) is 0.914. The molecule has 18 heavy (non-hydrogen) atoms. The van der Waals surface area contributed by atoms with E-state index in [1.807, 2.05) is 0 Å². The van der Waals surface area contributed by atoms with Gasteiger partial charge in [0.1, 0.15) is 5.82 Å². The van der Waals surface area contributed by atoms with Gasteiger partial charge in [0, 0.05) is 0 Å². The molecule has 7 heteroatoms. The molecule has 0 radical (unpaired) electrons. The summed E-state index contributed by atoms with van der Waals surface area (Å²) in [6.07, 6.45) is 2.15. The predicted molar refractivity (Wildman–Crippen MR) is 62.5 cm³/mol. The average molecular weight is 266 g/mol. The van der Waals surface area contributed by atoms with E-state index in [1.165, 1.54) is 17.8 Å². The van der Waals surface area contributed by atoms with E-state index in [4.69, 9.17) is 5.11 Å². The molecule has 0 bridgehead atoms. The van der Waals surface area contributed by atoms with E-state index in [0.29, 0.717) is 21.7 Å². The minimum atomic E-state index is -0.364. The van der Waals surface area contributed by atoms with Crippen LogP contribution >= 0.6 is 11.8 Å². The highest BCUT2D eigenvalue weighted by atomic mass is 32.2. The molecule has 0 spiro atoms. The van der Waals surface area contributed by atoms with Crippen molar-refractivity contribution in [3.63, 3.8) is 0 Å². The van der Waals surface area contributed by atoms with Gasteiger partial charge < -0.3 is 5.11 Å². The summed E-state index contributed by atoms with van der Waals surface area (Å²) in [5, 5.41) is 21.0. The molecule has 1 aromatic heterocycles. The van der Waals surface area contributed by atoms with E-state index < -0.39 is 0 Å². The van der Waals surface area contributed by atoms with Crippen molar-refractivity contribution in [3.8, 4) is 0 Å². The first kappa shape index (κ1) is 11.6. The minimum Gasteiger partial charge on any atom is -0.392 e. The monoisotopic (exact) mass is 266 g/mol. The average Bonchev–Trinajstić information content (AvgIpc) is 3.12. The summed E-state index contributed by atoms with van der Waals surface area (Å²) < 4.78 is 15.5. The number of tetrazole rings is 1. The number of hydrogen-bond donors (Lipinski definition) is 1. The zero-order chi connectivity index (χ0) is 12.5. The van der Waals surface area contributed by atoms with Crippen LogP contribution in [0.2, 0.25) is 0 Å². The summed E-state index contributed by atoms with van der Waals surface area (Å²) in [6, 6.07) is 5.02. The maximum atomic E-state index is 13.8. The van der Waals surface area contributed by atoms with Gasteiger partial charge in [-0.05, 0) is 52.7 Å². The molecule has 3 rings (SSSR count). The van der Waals surface area contributed by atoms with Crippen molar-refractivity contribution >= 4 is 11.8 Å². The molecule has 1 aliphatic rings. The van der Waals surface area contributed by atoms with Crippen LogP contribution in [0.4, 0.5) is 4.39 Å². The van der Waals surface area contributed by atoms with E-state index >= 15 is 0 Å². The van der Waals surface area contributed by atoms with E-state index in [-0.39, 0.29) is 12.4 Å². The Kier molecular flexibility index (Phi) is 3.00. The van der Waals surface area contributed by atoms with E-state index in [2.05, 4.69) is 15.5 Å². The topological polar surface area (TPSA) is 63.8 Å². The molecule has 1 saturated carbocycles. The zero-order valence-electron chi connectivity index (χ0n) is 9.45. The third kappa shape index (κ3) is 2.23. The van der Waals surface area contributed by atoms with Crippen molar-refractivity contribution in [1.29, 1.82) is 0 Å². The van der Waals surface area contributed by atoms with E-state index in [0.717, 1.165) is 12.8 Å². The summed E-state index contributed by atoms with van der Waals surface area (Å²) in [5.41, 5.74) is 0.554. The van der Waals surface area contributed by atoms with Gasteiger partial charge in [-0.25, -0.2) is 9.07 Å². The number of aliphatic hydroxyl groups excluding tert-OH is 1. The van der Waals surface area contributed by atoms with Crippen LogP contribution in [0.25, 0.3) is 0 Å². The van der Waals surface area contributed by atoms with Gasteiger partial charge in [-0.15, -0.1) is 5.10 Å². The third-order valence-electron chi connectivity index (χ3n) is 2.74. The lowest BCUT2D eigenvalue weighted by atomic mass is 10.2. The number of nitrogens with zero attached hydrogens (tertiary/aromatic N) is 4. The first-order valence-electron chi connectivity index (χ1n) is 5.63. The molecule has 94 valence electrons. The van der Waals surface area contributed by atoms with Crippen LogP contribution in [-0.4, -0.2) is 25.3 Å². The predicted octanol–water partition coefficient (Wildman–Crippen LogP) is 1.79. The van der Waals surface area contributed by atoms with Crippen molar-refractivity contribution in [2.75, 3.05) is 0 Å². The molecule has 2 aromatic rings. The highest BCUT2D eigenvalue weighted by Crippen LogP contribution is 2.38. The fourth-order valence-corrected chi connectivity index (χ4v) is 2.47. The Balaban J connectivity index is 1.85. The van der Waals surface area contributed by atoms with Crippen molar-refractivity contribution in [1.82, 2.24) is 20.2 Å². The number of halogens is 1. The summed E-state index contributed by atoms with van der Waals surface area (Å²) >= 11 is 1.21. The summed E-state index contributed by atoms with van der Waals surface area (Å²) in [7, 11) is 0. The van der Waals surface area contributed by atoms with Crippen LogP contribution in [-0.2, 0) is 6.61 Å². The number of aliphatic hydroxyl groups is 1. The summed E-state index contributed by atoms with van der Waals surface area (Å²) in [6.45, 7) is -0.165. The molecular weight excluding hydrogens is 255 g/mol. The SMILES string of the molecule is OCc1ccc(Sc2nnnn2C2CC2)c(F)c1. The Morgan fingerprint density at radius 2 is 2.28 bits per heavy atom. The third-order valence-corrected chi connectivity index (χ3v) is 3.74. The Morgan fingerprint density at radius 1 is 1.44 bits per heavy atom. The molecule has 0 aliphatic heterocycles. The number of aromatic nitrogens is 4. The van der Waals surface area contributed by atoms with Crippen molar-refractivity contribution in [2.45, 2.75) is 35.5 Å². The van der Waals surface area contributed by atoms with Gasteiger partial charge in [-0.2, -0.15) is 0 Å². The molecule has 1 N–H and O–H groups in total. The molecule has 0 atom stereocenters. The van der Waals surface area contributed by atoms with Gasteiger partial charge in [-0.3, -0.25) is 0 Å². The minimum absolute atomic E-state index is 0.165. The zero-order valence-corrected chi connectivity index (χ0v) is 10.3. The largest absolute Gasteiger partial charge is 0.392 e. The van der Waals surface area contributed by atoms with Crippen LogP contribution in [0.1, 0.15) is 24.4 Å². The lowest BCUT2D eigenvalue weighted by Crippen LogP contribution is -1.99. The molecule has 1 heterocycles. The summed E-state index contributed by atoms with van der Waals surface area (Å²) in [5.74, 6) is -0.364. The van der Waals surface area contributed by atoms with Gasteiger partial charge >= 0.3 is 0 Å². The molecular formula is C11H11FN4OS. The fraction of sp³-hybridized carbons (Fsp3) is 0.364. The van der Waals surface area contributed by atoms with Crippen LogP contribution in [0, 0.1) is 5.82 Å². The smallest absolute Gasteiger partial charge is 0.214 e. The van der Waals surface area contributed by atoms with E-state index in [9.17, 15) is 4.39 Å². The molecule has 0 amide bonds. The number of benzene rings is 1. The lowest BCUT2D eigenvalue weighted by molar-refractivity contribution is 0.281. The second-order valence-electron chi connectivity index (χ2n) is 4.16. The fourth-order valence-electron chi connectivity index (χ4n) is 1.62. The first-order chi connectivity index (χ1) is 8.78.